The van der Waals surface area contributed by atoms with E-state index in [4.69, 9.17) is 0 Å². The number of H-pyrrole nitrogens is 1. The van der Waals surface area contributed by atoms with Gasteiger partial charge in [0, 0.05) is 73.3 Å². The highest BCUT2D eigenvalue weighted by atomic mass is 19.3. The predicted molar refractivity (Wildman–Crippen MR) is 126 cm³/mol. The lowest BCUT2D eigenvalue weighted by molar-refractivity contribution is -0.0443. The normalized spacial score (nSPS) is 16.4. The van der Waals surface area contributed by atoms with Crippen LogP contribution in [0.15, 0.2) is 49.3 Å². The van der Waals surface area contributed by atoms with Crippen molar-refractivity contribution in [1.82, 2.24) is 34.3 Å². The minimum absolute atomic E-state index is 0.0384. The van der Waals surface area contributed by atoms with Gasteiger partial charge in [0.2, 0.25) is 11.9 Å². The Morgan fingerprint density at radius 3 is 2.76 bits per heavy atom. The maximum Gasteiger partial charge on any atom is 0.248 e. The molecule has 0 aromatic carbocycles. The summed E-state index contributed by atoms with van der Waals surface area (Å²) in [6, 6.07) is 4.11. The average molecular weight is 463 g/mol. The fourth-order valence-corrected chi connectivity index (χ4v) is 4.70. The number of rotatable bonds is 5. The first-order chi connectivity index (χ1) is 16.4. The molecule has 174 valence electrons. The predicted octanol–water partition coefficient (Wildman–Crippen LogP) is 4.91. The number of halogens is 2. The maximum atomic E-state index is 13.4. The van der Waals surface area contributed by atoms with Gasteiger partial charge in [-0.15, -0.1) is 0 Å². The molecule has 5 heterocycles. The molecule has 0 atom stereocenters. The van der Waals surface area contributed by atoms with Crippen molar-refractivity contribution in [2.45, 2.75) is 31.6 Å². The van der Waals surface area contributed by atoms with Crippen molar-refractivity contribution in [2.24, 2.45) is 13.0 Å². The van der Waals surface area contributed by atoms with Crippen molar-refractivity contribution < 1.29 is 8.78 Å². The van der Waals surface area contributed by atoms with Crippen molar-refractivity contribution in [3.05, 3.63) is 49.3 Å². The Bertz CT molecular complexity index is 1470. The van der Waals surface area contributed by atoms with E-state index < -0.39 is 5.92 Å². The molecule has 0 saturated heterocycles. The monoisotopic (exact) mass is 462 g/mol. The van der Waals surface area contributed by atoms with E-state index in [1.54, 1.807) is 10.9 Å². The lowest BCUT2D eigenvalue weighted by atomic mass is 9.87. The Balaban J connectivity index is 1.25. The summed E-state index contributed by atoms with van der Waals surface area (Å²) in [6.45, 7) is 0.601. The summed E-state index contributed by atoms with van der Waals surface area (Å²) in [7, 11) is 1.89. The van der Waals surface area contributed by atoms with Gasteiger partial charge in [0.25, 0.3) is 0 Å². The second-order valence-electron chi connectivity index (χ2n) is 9.04. The van der Waals surface area contributed by atoms with Crippen molar-refractivity contribution in [1.29, 1.82) is 0 Å². The van der Waals surface area contributed by atoms with Crippen molar-refractivity contribution >= 4 is 22.5 Å². The zero-order chi connectivity index (χ0) is 23.3. The van der Waals surface area contributed by atoms with Crippen LogP contribution in [0, 0.1) is 5.92 Å². The molecule has 0 unspecified atom stereocenters. The van der Waals surface area contributed by atoms with Gasteiger partial charge in [-0.2, -0.15) is 15.2 Å². The number of pyridine rings is 1. The van der Waals surface area contributed by atoms with Crippen LogP contribution in [-0.4, -0.2) is 46.8 Å². The van der Waals surface area contributed by atoms with Gasteiger partial charge in [-0.25, -0.2) is 18.3 Å². The number of aromatic amines is 1. The molecule has 1 aliphatic rings. The Kier molecular flexibility index (Phi) is 4.82. The van der Waals surface area contributed by atoms with Crippen LogP contribution in [0.2, 0.25) is 0 Å². The third-order valence-corrected chi connectivity index (χ3v) is 6.67. The SMILES string of the molecule is Cn1cc(-c2cnn3ccc(-c4c[nH]c5nc(NCC6CCC(F)(F)CC6)ncc45)cc23)cn1. The van der Waals surface area contributed by atoms with Crippen LogP contribution >= 0.6 is 0 Å². The number of aromatic nitrogens is 7. The lowest BCUT2D eigenvalue weighted by Crippen LogP contribution is -2.28. The van der Waals surface area contributed by atoms with Crippen LogP contribution < -0.4 is 5.32 Å². The van der Waals surface area contributed by atoms with Crippen LogP contribution in [0.3, 0.4) is 0 Å². The third-order valence-electron chi connectivity index (χ3n) is 6.67. The van der Waals surface area contributed by atoms with E-state index in [2.05, 4.69) is 36.5 Å². The first-order valence-electron chi connectivity index (χ1n) is 11.4. The summed E-state index contributed by atoms with van der Waals surface area (Å²) in [5, 5.41) is 12.9. The van der Waals surface area contributed by atoms with Crippen LogP contribution in [0.4, 0.5) is 14.7 Å². The molecule has 5 aromatic heterocycles. The van der Waals surface area contributed by atoms with E-state index in [1.165, 1.54) is 0 Å². The van der Waals surface area contributed by atoms with Gasteiger partial charge in [-0.1, -0.05) is 0 Å². The summed E-state index contributed by atoms with van der Waals surface area (Å²) in [6.07, 6.45) is 12.3. The molecule has 1 aliphatic carbocycles. The van der Waals surface area contributed by atoms with Gasteiger partial charge in [0.1, 0.15) is 5.65 Å². The number of hydrogen-bond donors (Lipinski definition) is 2. The third kappa shape index (κ3) is 3.78. The molecule has 1 fully saturated rings. The summed E-state index contributed by atoms with van der Waals surface area (Å²) in [5.41, 5.74) is 5.75. The Hall–Kier alpha value is -3.82. The van der Waals surface area contributed by atoms with Gasteiger partial charge in [-0.05, 0) is 36.5 Å². The van der Waals surface area contributed by atoms with Gasteiger partial charge in [-0.3, -0.25) is 4.68 Å². The first kappa shape index (κ1) is 20.8. The number of anilines is 1. The topological polar surface area (TPSA) is 88.7 Å². The summed E-state index contributed by atoms with van der Waals surface area (Å²) < 4.78 is 30.4. The Morgan fingerprint density at radius 1 is 1.12 bits per heavy atom. The number of fused-ring (bicyclic) bond motifs is 2. The van der Waals surface area contributed by atoms with E-state index in [9.17, 15) is 8.78 Å². The van der Waals surface area contributed by atoms with Crippen molar-refractivity contribution in [3.8, 4) is 22.3 Å². The Morgan fingerprint density at radius 2 is 1.97 bits per heavy atom. The van der Waals surface area contributed by atoms with E-state index in [0.29, 0.717) is 25.3 Å². The van der Waals surface area contributed by atoms with E-state index in [-0.39, 0.29) is 18.8 Å². The van der Waals surface area contributed by atoms with Crippen LogP contribution in [0.25, 0.3) is 38.8 Å². The molecule has 0 aliphatic heterocycles. The largest absolute Gasteiger partial charge is 0.354 e. The highest BCUT2D eigenvalue weighted by Crippen LogP contribution is 2.36. The quantitative estimate of drug-likeness (QED) is 0.387. The minimum atomic E-state index is -2.51. The summed E-state index contributed by atoms with van der Waals surface area (Å²) in [5.74, 6) is -1.79. The van der Waals surface area contributed by atoms with Gasteiger partial charge in [0.15, 0.2) is 0 Å². The zero-order valence-electron chi connectivity index (χ0n) is 18.7. The first-order valence-corrected chi connectivity index (χ1v) is 11.4. The smallest absolute Gasteiger partial charge is 0.248 e. The summed E-state index contributed by atoms with van der Waals surface area (Å²) in [4.78, 5) is 12.3. The Labute approximate surface area is 194 Å². The van der Waals surface area contributed by atoms with Gasteiger partial charge < -0.3 is 10.3 Å². The average Bonchev–Trinajstić information content (AvgIpc) is 3.55. The molecule has 0 bridgehead atoms. The molecule has 0 spiro atoms. The molecule has 5 aromatic rings. The fraction of sp³-hybridized carbons (Fsp3) is 0.333. The number of hydrogen-bond acceptors (Lipinski definition) is 5. The van der Waals surface area contributed by atoms with Crippen molar-refractivity contribution in [2.75, 3.05) is 11.9 Å². The standard InChI is InChI=1S/C24H24F2N8/c1-33-14-17(10-30-33)19-13-31-34-7-4-16(8-21(19)34)18-11-27-22-20(18)12-29-23(32-22)28-9-15-2-5-24(25,26)6-3-15/h4,7-8,10-15H,2-3,5-6,9H2,1H3,(H2,27,28,29,32). The van der Waals surface area contributed by atoms with E-state index >= 15 is 0 Å². The lowest BCUT2D eigenvalue weighted by Gasteiger charge is -2.28. The highest BCUT2D eigenvalue weighted by molar-refractivity contribution is 5.95. The molecule has 1 saturated carbocycles. The number of nitrogens with one attached hydrogen (secondary N) is 2. The van der Waals surface area contributed by atoms with Crippen LogP contribution in [-0.2, 0) is 7.05 Å². The molecular weight excluding hydrogens is 438 g/mol. The van der Waals surface area contributed by atoms with Gasteiger partial charge in [0.05, 0.1) is 17.9 Å². The summed E-state index contributed by atoms with van der Waals surface area (Å²) >= 11 is 0. The second kappa shape index (κ2) is 7.89. The molecular formula is C24H24F2N8. The number of alkyl halides is 2. The molecule has 0 amide bonds. The zero-order valence-corrected chi connectivity index (χ0v) is 18.7. The van der Waals surface area contributed by atoms with Crippen LogP contribution in [0.1, 0.15) is 25.7 Å². The van der Waals surface area contributed by atoms with Crippen molar-refractivity contribution in [3.63, 3.8) is 0 Å². The molecule has 34 heavy (non-hydrogen) atoms. The molecule has 8 nitrogen and oxygen atoms in total. The number of nitrogens with zero attached hydrogens (tertiary/aromatic N) is 6. The fourth-order valence-electron chi connectivity index (χ4n) is 4.70. The number of aryl methyl sites for hydroxylation is 1. The second-order valence-corrected chi connectivity index (χ2v) is 9.04. The molecule has 0 radical (unpaired) electrons. The minimum Gasteiger partial charge on any atom is -0.354 e. The molecule has 6 rings (SSSR count). The van der Waals surface area contributed by atoms with E-state index in [1.807, 2.05) is 48.6 Å². The van der Waals surface area contributed by atoms with E-state index in [0.717, 1.165) is 38.8 Å². The maximum absolute atomic E-state index is 13.4. The highest BCUT2D eigenvalue weighted by Gasteiger charge is 2.34. The molecule has 2 N–H and O–H groups in total. The van der Waals surface area contributed by atoms with Crippen LogP contribution in [0.5, 0.6) is 0 Å². The van der Waals surface area contributed by atoms with Gasteiger partial charge >= 0.3 is 0 Å². The molecule has 10 heteroatoms.